The molecule has 0 atom stereocenters. The molecule has 0 unspecified atom stereocenters. The van der Waals surface area contributed by atoms with Crippen LogP contribution in [0.1, 0.15) is 52.6 Å². The zero-order valence-corrected chi connectivity index (χ0v) is 19.8. The fourth-order valence-electron chi connectivity index (χ4n) is 3.96. The Hall–Kier alpha value is -4.19. The van der Waals surface area contributed by atoms with Crippen molar-refractivity contribution in [3.63, 3.8) is 0 Å². The van der Waals surface area contributed by atoms with Gasteiger partial charge in [-0.2, -0.15) is 5.53 Å². The molecule has 2 aromatic heterocycles. The van der Waals surface area contributed by atoms with Gasteiger partial charge in [0.25, 0.3) is 11.5 Å². The van der Waals surface area contributed by atoms with Crippen LogP contribution >= 0.6 is 0 Å². The van der Waals surface area contributed by atoms with Gasteiger partial charge in [-0.3, -0.25) is 9.59 Å². The van der Waals surface area contributed by atoms with E-state index in [1.807, 2.05) is 37.0 Å². The number of hydrogen-bond donors (Lipinski definition) is 5. The van der Waals surface area contributed by atoms with Gasteiger partial charge in [0.15, 0.2) is 0 Å². The number of aromatic nitrogens is 2. The Balaban J connectivity index is 2.09. The zero-order valence-electron chi connectivity index (χ0n) is 19.8. The Labute approximate surface area is 195 Å². The quantitative estimate of drug-likeness (QED) is 0.161. The largest absolute Gasteiger partial charge is 0.358 e. The van der Waals surface area contributed by atoms with E-state index in [0.29, 0.717) is 22.2 Å². The minimum absolute atomic E-state index is 0.0266. The molecule has 34 heavy (non-hydrogen) atoms. The molecule has 0 saturated carbocycles. The van der Waals surface area contributed by atoms with Gasteiger partial charge in [-0.15, -0.1) is 0 Å². The summed E-state index contributed by atoms with van der Waals surface area (Å²) in [4.78, 5) is 38.1. The SMILES string of the molecule is Cc1cc(C)n(N)c(=O)c1CNC(=O)c1cc(N(N)C(=O)NN=N)cc2c1c(C)cn2C(C)C. The lowest BCUT2D eigenvalue weighted by Crippen LogP contribution is -2.43. The number of fused-ring (bicyclic) bond motifs is 1. The van der Waals surface area contributed by atoms with Crippen LogP contribution in [-0.2, 0) is 6.54 Å². The third-order valence-corrected chi connectivity index (χ3v) is 5.74. The van der Waals surface area contributed by atoms with Gasteiger partial charge in [0.05, 0.1) is 16.8 Å². The molecule has 12 heteroatoms. The van der Waals surface area contributed by atoms with Crippen molar-refractivity contribution >= 4 is 28.5 Å². The number of pyridine rings is 1. The fraction of sp³-hybridized carbons (Fsp3) is 0.318. The number of aryl methyl sites for hydroxylation is 3. The number of urea groups is 1. The number of rotatable bonds is 6. The third-order valence-electron chi connectivity index (χ3n) is 5.74. The maximum atomic E-state index is 13.3. The van der Waals surface area contributed by atoms with E-state index in [1.54, 1.807) is 26.0 Å². The van der Waals surface area contributed by atoms with Crippen molar-refractivity contribution in [3.05, 3.63) is 62.7 Å². The van der Waals surface area contributed by atoms with Gasteiger partial charge in [-0.25, -0.2) is 25.7 Å². The molecule has 7 N–H and O–H groups in total. The fourth-order valence-corrected chi connectivity index (χ4v) is 3.96. The van der Waals surface area contributed by atoms with E-state index in [1.165, 1.54) is 6.07 Å². The monoisotopic (exact) mass is 467 g/mol. The first kappa shape index (κ1) is 24.5. The minimum atomic E-state index is -0.834. The molecule has 180 valence electrons. The second kappa shape index (κ2) is 9.35. The molecule has 2 heterocycles. The van der Waals surface area contributed by atoms with Crippen LogP contribution in [0, 0.1) is 26.3 Å². The third kappa shape index (κ3) is 4.35. The van der Waals surface area contributed by atoms with Crippen molar-refractivity contribution in [2.45, 2.75) is 47.2 Å². The summed E-state index contributed by atoms with van der Waals surface area (Å²) in [7, 11) is 0. The topological polar surface area (TPSA) is 177 Å². The number of nitrogens with two attached hydrogens (primary N) is 2. The van der Waals surface area contributed by atoms with Crippen LogP contribution in [-0.4, -0.2) is 21.2 Å². The number of hydrazine groups is 1. The standard InChI is InChI=1S/C22H29N9O3/c1-11(2)29-10-13(4)19-16(7-15(8-18(19)29)31(25)22(34)27-28-23)20(32)26-9-17-12(3)6-14(5)30(24)21(17)33/h6-8,10-11H,9,24-25H2,1-5H3,(H,26,32)(H2,23,27,34). The number of nitrogens with one attached hydrogen (secondary N) is 3. The highest BCUT2D eigenvalue weighted by molar-refractivity contribution is 6.10. The summed E-state index contributed by atoms with van der Waals surface area (Å²) >= 11 is 0. The second-order valence-corrected chi connectivity index (χ2v) is 8.40. The van der Waals surface area contributed by atoms with Crippen LogP contribution in [0.4, 0.5) is 10.5 Å². The van der Waals surface area contributed by atoms with Crippen LogP contribution in [0.5, 0.6) is 0 Å². The summed E-state index contributed by atoms with van der Waals surface area (Å²) in [6.45, 7) is 9.36. The molecule has 3 amide bonds. The smallest absolute Gasteiger partial charge is 0.348 e. The Kier molecular flexibility index (Phi) is 6.73. The summed E-state index contributed by atoms with van der Waals surface area (Å²) in [6, 6.07) is 4.20. The highest BCUT2D eigenvalue weighted by atomic mass is 16.2. The van der Waals surface area contributed by atoms with Crippen molar-refractivity contribution in [1.29, 1.82) is 5.53 Å². The predicted octanol–water partition coefficient (Wildman–Crippen LogP) is 2.29. The van der Waals surface area contributed by atoms with Crippen molar-refractivity contribution in [3.8, 4) is 0 Å². The Morgan fingerprint density at radius 2 is 1.85 bits per heavy atom. The average molecular weight is 468 g/mol. The van der Waals surface area contributed by atoms with Crippen LogP contribution in [0.3, 0.4) is 0 Å². The van der Waals surface area contributed by atoms with E-state index in [2.05, 4.69) is 10.5 Å². The molecule has 0 bridgehead atoms. The molecule has 3 rings (SSSR count). The number of hydrogen-bond acceptors (Lipinski definition) is 7. The van der Waals surface area contributed by atoms with Gasteiger partial charge in [-0.05, 0) is 63.9 Å². The van der Waals surface area contributed by atoms with Gasteiger partial charge in [0.1, 0.15) is 0 Å². The normalized spacial score (nSPS) is 11.0. The minimum Gasteiger partial charge on any atom is -0.348 e. The number of benzene rings is 1. The molecule has 0 radical (unpaired) electrons. The number of nitrogen functional groups attached to an aromatic ring is 1. The van der Waals surface area contributed by atoms with E-state index < -0.39 is 11.9 Å². The van der Waals surface area contributed by atoms with Crippen LogP contribution < -0.4 is 33.0 Å². The van der Waals surface area contributed by atoms with Gasteiger partial charge >= 0.3 is 6.03 Å². The first-order valence-corrected chi connectivity index (χ1v) is 10.6. The van der Waals surface area contributed by atoms with E-state index in [0.717, 1.165) is 20.8 Å². The predicted molar refractivity (Wildman–Crippen MR) is 129 cm³/mol. The lowest BCUT2D eigenvalue weighted by atomic mass is 10.0. The highest BCUT2D eigenvalue weighted by Crippen LogP contribution is 2.31. The molecule has 3 aromatic rings. The van der Waals surface area contributed by atoms with Crippen LogP contribution in [0.2, 0.25) is 0 Å². The summed E-state index contributed by atoms with van der Waals surface area (Å²) in [6.07, 6.45) is 1.92. The maximum Gasteiger partial charge on any atom is 0.358 e. The summed E-state index contributed by atoms with van der Waals surface area (Å²) in [5, 5.41) is 7.12. The Bertz CT molecular complexity index is 1350. The van der Waals surface area contributed by atoms with E-state index >= 15 is 0 Å². The van der Waals surface area contributed by atoms with Gasteiger partial charge in [-0.1, -0.05) is 5.22 Å². The summed E-state index contributed by atoms with van der Waals surface area (Å²) in [5.74, 6) is 11.3. The van der Waals surface area contributed by atoms with Crippen LogP contribution in [0.15, 0.2) is 34.4 Å². The molecule has 1 aromatic carbocycles. The highest BCUT2D eigenvalue weighted by Gasteiger charge is 2.22. The lowest BCUT2D eigenvalue weighted by Gasteiger charge is -2.19. The van der Waals surface area contributed by atoms with Crippen molar-refractivity contribution in [1.82, 2.24) is 20.0 Å². The number of nitrogens with zero attached hydrogens (tertiary/aromatic N) is 4. The average Bonchev–Trinajstić information content (AvgIpc) is 3.13. The first-order valence-electron chi connectivity index (χ1n) is 10.6. The molecule has 0 aliphatic carbocycles. The van der Waals surface area contributed by atoms with Crippen LogP contribution in [0.25, 0.3) is 10.9 Å². The second-order valence-electron chi connectivity index (χ2n) is 8.40. The molecule has 12 nitrogen and oxygen atoms in total. The Morgan fingerprint density at radius 3 is 2.47 bits per heavy atom. The van der Waals surface area contributed by atoms with Gasteiger partial charge in [0.2, 0.25) is 0 Å². The number of anilines is 1. The lowest BCUT2D eigenvalue weighted by molar-refractivity contribution is 0.0952. The van der Waals surface area contributed by atoms with E-state index in [4.69, 9.17) is 17.2 Å². The molecular weight excluding hydrogens is 438 g/mol. The van der Waals surface area contributed by atoms with E-state index in [-0.39, 0.29) is 29.4 Å². The number of amides is 3. The maximum absolute atomic E-state index is 13.3. The van der Waals surface area contributed by atoms with E-state index in [9.17, 15) is 14.4 Å². The zero-order chi connectivity index (χ0) is 25.3. The van der Waals surface area contributed by atoms with Crippen molar-refractivity contribution < 1.29 is 9.59 Å². The molecule has 0 spiro atoms. The Morgan fingerprint density at radius 1 is 1.18 bits per heavy atom. The summed E-state index contributed by atoms with van der Waals surface area (Å²) < 4.78 is 3.02. The van der Waals surface area contributed by atoms with Crippen molar-refractivity contribution in [2.24, 2.45) is 11.1 Å². The van der Waals surface area contributed by atoms with Gasteiger partial charge in [0, 0.05) is 35.4 Å². The van der Waals surface area contributed by atoms with Gasteiger partial charge < -0.3 is 15.7 Å². The van der Waals surface area contributed by atoms with Crippen molar-refractivity contribution in [2.75, 3.05) is 10.9 Å². The molecular formula is C22H29N9O3. The molecule has 0 fully saturated rings. The molecule has 0 aliphatic rings. The first-order chi connectivity index (χ1) is 16.0. The number of carbonyl (C=O) groups excluding carboxylic acids is 2. The summed E-state index contributed by atoms with van der Waals surface area (Å²) in [5.41, 5.74) is 12.2. The number of carbonyl (C=O) groups is 2. The molecule has 0 aliphatic heterocycles. The molecule has 0 saturated heterocycles.